The molecule has 7 nitrogen and oxygen atoms in total. The molecule has 7 heteroatoms. The van der Waals surface area contributed by atoms with Crippen LogP contribution < -0.4 is 15.4 Å². The molecule has 1 aromatic heterocycles. The highest BCUT2D eigenvalue weighted by Gasteiger charge is 2.00. The molecule has 0 spiro atoms. The van der Waals surface area contributed by atoms with Gasteiger partial charge < -0.3 is 24.8 Å². The van der Waals surface area contributed by atoms with Gasteiger partial charge in [-0.3, -0.25) is 4.99 Å². The monoisotopic (exact) mass is 310 g/mol. The number of hydrogen-bond acceptors (Lipinski definition) is 5. The molecule has 0 fully saturated rings. The maximum absolute atomic E-state index is 5.42. The van der Waals surface area contributed by atoms with Crippen molar-refractivity contribution in [2.45, 2.75) is 13.5 Å². The summed E-state index contributed by atoms with van der Waals surface area (Å²) < 4.78 is 15.6. The Labute approximate surface area is 132 Å². The van der Waals surface area contributed by atoms with Gasteiger partial charge in [-0.05, 0) is 12.5 Å². The van der Waals surface area contributed by atoms with E-state index in [0.717, 1.165) is 24.7 Å². The Bertz CT molecular complexity index is 423. The number of rotatable bonds is 10. The minimum atomic E-state index is 0.498. The van der Waals surface area contributed by atoms with Crippen molar-refractivity contribution in [3.05, 3.63) is 23.9 Å². The van der Waals surface area contributed by atoms with Crippen LogP contribution in [-0.2, 0) is 16.0 Å². The van der Waals surface area contributed by atoms with Crippen molar-refractivity contribution in [1.29, 1.82) is 0 Å². The van der Waals surface area contributed by atoms with Gasteiger partial charge in [0.15, 0.2) is 5.96 Å². The van der Waals surface area contributed by atoms with Crippen LogP contribution in [0.2, 0.25) is 0 Å². The molecule has 0 amide bonds. The lowest BCUT2D eigenvalue weighted by Crippen LogP contribution is -2.38. The molecule has 1 aromatic rings. The standard InChI is InChI=1S/C15H26N4O3/c1-4-21-8-7-17-15(16-2)19-12-13-5-6-14(18-11-13)22-10-9-20-3/h5-6,11H,4,7-10,12H2,1-3H3,(H2,16,17,19). The average Bonchev–Trinajstić information content (AvgIpc) is 2.56. The lowest BCUT2D eigenvalue weighted by Gasteiger charge is -2.12. The van der Waals surface area contributed by atoms with Crippen LogP contribution >= 0.6 is 0 Å². The first-order valence-corrected chi connectivity index (χ1v) is 7.39. The highest BCUT2D eigenvalue weighted by molar-refractivity contribution is 5.79. The number of nitrogens with zero attached hydrogens (tertiary/aromatic N) is 2. The van der Waals surface area contributed by atoms with Crippen LogP contribution in [0.1, 0.15) is 12.5 Å². The zero-order chi connectivity index (χ0) is 16.0. The largest absolute Gasteiger partial charge is 0.475 e. The van der Waals surface area contributed by atoms with Gasteiger partial charge in [0.05, 0.1) is 13.2 Å². The van der Waals surface area contributed by atoms with Crippen LogP contribution in [0.4, 0.5) is 0 Å². The Morgan fingerprint density at radius 1 is 1.23 bits per heavy atom. The molecule has 0 radical (unpaired) electrons. The van der Waals surface area contributed by atoms with Crippen LogP contribution in [0.3, 0.4) is 0 Å². The lowest BCUT2D eigenvalue weighted by molar-refractivity contribution is 0.143. The van der Waals surface area contributed by atoms with E-state index >= 15 is 0 Å². The van der Waals surface area contributed by atoms with E-state index in [4.69, 9.17) is 14.2 Å². The van der Waals surface area contributed by atoms with Crippen molar-refractivity contribution < 1.29 is 14.2 Å². The maximum atomic E-state index is 5.42. The van der Waals surface area contributed by atoms with E-state index in [0.29, 0.717) is 32.2 Å². The highest BCUT2D eigenvalue weighted by atomic mass is 16.5. The molecule has 1 rings (SSSR count). The van der Waals surface area contributed by atoms with Gasteiger partial charge in [-0.15, -0.1) is 0 Å². The third-order valence-corrected chi connectivity index (χ3v) is 2.76. The predicted octanol–water partition coefficient (Wildman–Crippen LogP) is 0.808. The zero-order valence-corrected chi connectivity index (χ0v) is 13.6. The van der Waals surface area contributed by atoms with Gasteiger partial charge in [0.25, 0.3) is 0 Å². The number of hydrogen-bond donors (Lipinski definition) is 2. The number of pyridine rings is 1. The normalized spacial score (nSPS) is 11.3. The molecule has 0 unspecified atom stereocenters. The van der Waals surface area contributed by atoms with Gasteiger partial charge >= 0.3 is 0 Å². The summed E-state index contributed by atoms with van der Waals surface area (Å²) in [6.45, 7) is 5.76. The van der Waals surface area contributed by atoms with Crippen molar-refractivity contribution in [1.82, 2.24) is 15.6 Å². The Morgan fingerprint density at radius 3 is 2.73 bits per heavy atom. The fourth-order valence-corrected chi connectivity index (χ4v) is 1.62. The number of methoxy groups -OCH3 is 1. The molecule has 22 heavy (non-hydrogen) atoms. The highest BCUT2D eigenvalue weighted by Crippen LogP contribution is 2.07. The number of guanidine groups is 1. The van der Waals surface area contributed by atoms with Gasteiger partial charge in [-0.1, -0.05) is 6.07 Å². The van der Waals surface area contributed by atoms with E-state index in [-0.39, 0.29) is 0 Å². The summed E-state index contributed by atoms with van der Waals surface area (Å²) in [5, 5.41) is 6.39. The third kappa shape index (κ3) is 7.80. The number of aliphatic imine (C=N–C) groups is 1. The third-order valence-electron chi connectivity index (χ3n) is 2.76. The quantitative estimate of drug-likeness (QED) is 0.378. The first kappa shape index (κ1) is 18.2. The van der Waals surface area contributed by atoms with E-state index in [1.165, 1.54) is 0 Å². The molecule has 0 bridgehead atoms. The number of aromatic nitrogens is 1. The Morgan fingerprint density at radius 2 is 2.09 bits per heavy atom. The molecule has 0 saturated carbocycles. The zero-order valence-electron chi connectivity index (χ0n) is 13.6. The average molecular weight is 310 g/mol. The first-order valence-electron chi connectivity index (χ1n) is 7.39. The molecular weight excluding hydrogens is 284 g/mol. The minimum absolute atomic E-state index is 0.498. The summed E-state index contributed by atoms with van der Waals surface area (Å²) in [5.41, 5.74) is 1.05. The molecule has 0 aliphatic carbocycles. The van der Waals surface area contributed by atoms with Gasteiger partial charge in [-0.2, -0.15) is 0 Å². The Kier molecular flexibility index (Phi) is 9.73. The molecule has 0 aliphatic heterocycles. The van der Waals surface area contributed by atoms with E-state index in [9.17, 15) is 0 Å². The van der Waals surface area contributed by atoms with Crippen molar-refractivity contribution in [3.63, 3.8) is 0 Å². The summed E-state index contributed by atoms with van der Waals surface area (Å²) in [4.78, 5) is 8.39. The topological polar surface area (TPSA) is 77.0 Å². The number of ether oxygens (including phenoxy) is 3. The first-order chi connectivity index (χ1) is 10.8. The van der Waals surface area contributed by atoms with Gasteiger partial charge in [-0.25, -0.2) is 4.98 Å². The molecule has 0 aromatic carbocycles. The van der Waals surface area contributed by atoms with Crippen molar-refractivity contribution in [2.75, 3.05) is 47.1 Å². The second-order valence-corrected chi connectivity index (χ2v) is 4.40. The Hall–Kier alpha value is -1.86. The fourth-order valence-electron chi connectivity index (χ4n) is 1.62. The predicted molar refractivity (Wildman–Crippen MR) is 86.3 cm³/mol. The van der Waals surface area contributed by atoms with Crippen LogP contribution in [0.15, 0.2) is 23.3 Å². The number of nitrogens with one attached hydrogen (secondary N) is 2. The van der Waals surface area contributed by atoms with Crippen LogP contribution in [0.5, 0.6) is 5.88 Å². The summed E-state index contributed by atoms with van der Waals surface area (Å²) in [5.74, 6) is 1.33. The second kappa shape index (κ2) is 11.8. The van der Waals surface area contributed by atoms with Crippen molar-refractivity contribution >= 4 is 5.96 Å². The van der Waals surface area contributed by atoms with Gasteiger partial charge in [0.2, 0.25) is 5.88 Å². The van der Waals surface area contributed by atoms with Crippen LogP contribution in [0.25, 0.3) is 0 Å². The van der Waals surface area contributed by atoms with Crippen molar-refractivity contribution in [2.24, 2.45) is 4.99 Å². The summed E-state index contributed by atoms with van der Waals surface area (Å²) in [6, 6.07) is 3.81. The lowest BCUT2D eigenvalue weighted by atomic mass is 10.3. The molecule has 0 aliphatic rings. The van der Waals surface area contributed by atoms with Crippen molar-refractivity contribution in [3.8, 4) is 5.88 Å². The molecule has 124 valence electrons. The van der Waals surface area contributed by atoms with E-state index in [1.807, 2.05) is 19.1 Å². The Balaban J connectivity index is 2.30. The van der Waals surface area contributed by atoms with Gasteiger partial charge in [0, 0.05) is 46.1 Å². The minimum Gasteiger partial charge on any atom is -0.475 e. The second-order valence-electron chi connectivity index (χ2n) is 4.40. The fraction of sp³-hybridized carbons (Fsp3) is 0.600. The van der Waals surface area contributed by atoms with Gasteiger partial charge in [0.1, 0.15) is 6.61 Å². The SMILES string of the molecule is CCOCCNC(=NC)NCc1ccc(OCCOC)nc1. The van der Waals surface area contributed by atoms with E-state index in [1.54, 1.807) is 20.4 Å². The smallest absolute Gasteiger partial charge is 0.213 e. The summed E-state index contributed by atoms with van der Waals surface area (Å²) in [6.07, 6.45) is 1.78. The van der Waals surface area contributed by atoms with E-state index < -0.39 is 0 Å². The molecule has 0 atom stereocenters. The molecule has 0 saturated heterocycles. The molecule has 2 N–H and O–H groups in total. The van der Waals surface area contributed by atoms with E-state index in [2.05, 4.69) is 20.6 Å². The molecular formula is C15H26N4O3. The summed E-state index contributed by atoms with van der Waals surface area (Å²) in [7, 11) is 3.38. The van der Waals surface area contributed by atoms with Crippen LogP contribution in [-0.4, -0.2) is 58.1 Å². The summed E-state index contributed by atoms with van der Waals surface area (Å²) >= 11 is 0. The van der Waals surface area contributed by atoms with Crippen LogP contribution in [0, 0.1) is 0 Å². The molecule has 1 heterocycles. The maximum Gasteiger partial charge on any atom is 0.213 e.